The summed E-state index contributed by atoms with van der Waals surface area (Å²) in [6.45, 7) is 4.62. The molecule has 2 aliphatic rings. The molecule has 1 N–H and O–H groups in total. The van der Waals surface area contributed by atoms with Crippen LogP contribution in [-0.2, 0) is 14.3 Å². The lowest BCUT2D eigenvalue weighted by atomic mass is 9.95. The summed E-state index contributed by atoms with van der Waals surface area (Å²) in [6.07, 6.45) is 1.87. The molecular weight excluding hydrogens is 404 g/mol. The average molecular weight is 435 g/mol. The predicted octanol–water partition coefficient (Wildman–Crippen LogP) is 3.46. The number of nitrogens with zero attached hydrogens (tertiary/aromatic N) is 1. The number of ether oxygens (including phenoxy) is 1. The molecule has 0 bridgehead atoms. The zero-order valence-electron chi connectivity index (χ0n) is 18.6. The highest BCUT2D eigenvalue weighted by molar-refractivity contribution is 5.99. The largest absolute Gasteiger partial charge is 0.368 e. The molecule has 2 fully saturated rings. The number of amides is 2. The van der Waals surface area contributed by atoms with Gasteiger partial charge in [0.05, 0.1) is 6.10 Å². The van der Waals surface area contributed by atoms with Crippen LogP contribution >= 0.6 is 0 Å². The topological polar surface area (TPSA) is 75.7 Å². The van der Waals surface area contributed by atoms with Gasteiger partial charge in [-0.15, -0.1) is 0 Å². The van der Waals surface area contributed by atoms with Gasteiger partial charge in [-0.25, -0.2) is 0 Å². The van der Waals surface area contributed by atoms with Gasteiger partial charge < -0.3 is 15.0 Å². The maximum atomic E-state index is 13.4. The third-order valence-electron chi connectivity index (χ3n) is 6.19. The Labute approximate surface area is 188 Å². The lowest BCUT2D eigenvalue weighted by Gasteiger charge is -2.37. The third kappa shape index (κ3) is 4.75. The number of piperidine rings is 1. The van der Waals surface area contributed by atoms with Gasteiger partial charge in [-0.3, -0.25) is 14.4 Å². The molecule has 0 aromatic heterocycles. The van der Waals surface area contributed by atoms with Gasteiger partial charge in [0.2, 0.25) is 5.91 Å². The van der Waals surface area contributed by atoms with Crippen LogP contribution in [0.3, 0.4) is 0 Å². The standard InChI is InChI=1S/C26H30N2O4/c1-17(2)15-21(26(31)28-14-6-9-23-24(28)22(29)16-32-23)27-25(30)20-12-10-19(11-13-20)18-7-4-3-5-8-18/h3-5,7-8,10-13,17,21,23-24H,6,9,14-16H2,1-2H3,(H,27,30)/t21-,23+,24+/m0/s1. The van der Waals surface area contributed by atoms with Crippen molar-refractivity contribution in [1.82, 2.24) is 10.2 Å². The fourth-order valence-corrected chi connectivity index (χ4v) is 4.62. The monoisotopic (exact) mass is 434 g/mol. The van der Waals surface area contributed by atoms with Crippen LogP contribution in [0.15, 0.2) is 54.6 Å². The van der Waals surface area contributed by atoms with Crippen LogP contribution < -0.4 is 5.32 Å². The van der Waals surface area contributed by atoms with Crippen LogP contribution in [0.5, 0.6) is 0 Å². The molecule has 3 atom stereocenters. The van der Waals surface area contributed by atoms with E-state index < -0.39 is 12.1 Å². The highest BCUT2D eigenvalue weighted by Crippen LogP contribution is 2.27. The first-order valence-corrected chi connectivity index (χ1v) is 11.3. The summed E-state index contributed by atoms with van der Waals surface area (Å²) in [7, 11) is 0. The SMILES string of the molecule is CC(C)C[C@H](NC(=O)c1ccc(-c2ccccc2)cc1)C(=O)N1CCC[C@H]2OCC(=O)[C@H]21. The summed E-state index contributed by atoms with van der Waals surface area (Å²) in [5.74, 6) is -0.317. The first-order valence-electron chi connectivity index (χ1n) is 11.3. The van der Waals surface area contributed by atoms with E-state index in [0.29, 0.717) is 18.5 Å². The molecule has 0 spiro atoms. The lowest BCUT2D eigenvalue weighted by molar-refractivity contribution is -0.142. The molecule has 32 heavy (non-hydrogen) atoms. The third-order valence-corrected chi connectivity index (χ3v) is 6.19. The zero-order valence-corrected chi connectivity index (χ0v) is 18.6. The second kappa shape index (κ2) is 9.65. The van der Waals surface area contributed by atoms with E-state index in [1.165, 1.54) is 0 Å². The van der Waals surface area contributed by atoms with Gasteiger partial charge in [0.25, 0.3) is 5.91 Å². The van der Waals surface area contributed by atoms with E-state index >= 15 is 0 Å². The van der Waals surface area contributed by atoms with E-state index in [-0.39, 0.29) is 36.2 Å². The lowest BCUT2D eigenvalue weighted by Crippen LogP contribution is -2.58. The molecule has 4 rings (SSSR count). The number of fused-ring (bicyclic) bond motifs is 1. The number of carbonyl (C=O) groups excluding carboxylic acids is 3. The molecular formula is C26H30N2O4. The van der Waals surface area contributed by atoms with Crippen LogP contribution in [0.2, 0.25) is 0 Å². The minimum atomic E-state index is -0.677. The van der Waals surface area contributed by atoms with E-state index in [9.17, 15) is 14.4 Å². The van der Waals surface area contributed by atoms with Gasteiger partial charge >= 0.3 is 0 Å². The predicted molar refractivity (Wildman–Crippen MR) is 122 cm³/mol. The first kappa shape index (κ1) is 22.2. The second-order valence-electron chi connectivity index (χ2n) is 9.03. The first-order chi connectivity index (χ1) is 15.4. The Hall–Kier alpha value is -2.99. The van der Waals surface area contributed by atoms with E-state index in [1.54, 1.807) is 17.0 Å². The summed E-state index contributed by atoms with van der Waals surface area (Å²) in [6, 6.07) is 16.1. The van der Waals surface area contributed by atoms with E-state index in [0.717, 1.165) is 24.0 Å². The fourth-order valence-electron chi connectivity index (χ4n) is 4.62. The summed E-state index contributed by atoms with van der Waals surface area (Å²) in [5.41, 5.74) is 2.61. The van der Waals surface area contributed by atoms with E-state index in [1.807, 2.05) is 56.3 Å². The van der Waals surface area contributed by atoms with Crippen molar-refractivity contribution in [3.63, 3.8) is 0 Å². The van der Waals surface area contributed by atoms with Crippen LogP contribution in [0.4, 0.5) is 0 Å². The molecule has 0 saturated carbocycles. The summed E-state index contributed by atoms with van der Waals surface area (Å²) in [4.78, 5) is 40.4. The number of rotatable bonds is 6. The van der Waals surface area contributed by atoms with Gasteiger partial charge in [0.15, 0.2) is 5.78 Å². The second-order valence-corrected chi connectivity index (χ2v) is 9.03. The van der Waals surface area contributed by atoms with Crippen molar-refractivity contribution in [3.8, 4) is 11.1 Å². The summed E-state index contributed by atoms with van der Waals surface area (Å²) >= 11 is 0. The highest BCUT2D eigenvalue weighted by Gasteiger charge is 2.45. The Kier molecular flexibility index (Phi) is 6.70. The number of Topliss-reactive ketones (excluding diaryl/α,β-unsaturated/α-hetero) is 1. The molecule has 2 saturated heterocycles. The smallest absolute Gasteiger partial charge is 0.251 e. The minimum Gasteiger partial charge on any atom is -0.368 e. The van der Waals surface area contributed by atoms with Crippen LogP contribution in [0, 0.1) is 5.92 Å². The van der Waals surface area contributed by atoms with Crippen molar-refractivity contribution in [2.24, 2.45) is 5.92 Å². The van der Waals surface area contributed by atoms with Crippen molar-refractivity contribution >= 4 is 17.6 Å². The van der Waals surface area contributed by atoms with Crippen molar-refractivity contribution in [3.05, 3.63) is 60.2 Å². The van der Waals surface area contributed by atoms with Crippen molar-refractivity contribution in [2.75, 3.05) is 13.2 Å². The van der Waals surface area contributed by atoms with Crippen LogP contribution in [-0.4, -0.2) is 53.8 Å². The molecule has 0 radical (unpaired) electrons. The molecule has 2 aromatic rings. The zero-order chi connectivity index (χ0) is 22.7. The van der Waals surface area contributed by atoms with Gasteiger partial charge in [-0.1, -0.05) is 56.3 Å². The van der Waals surface area contributed by atoms with Crippen molar-refractivity contribution in [2.45, 2.75) is 51.3 Å². The number of likely N-dealkylation sites (tertiary alicyclic amines) is 1. The summed E-state index contributed by atoms with van der Waals surface area (Å²) < 4.78 is 5.58. The molecule has 2 aliphatic heterocycles. The molecule has 2 aromatic carbocycles. The van der Waals surface area contributed by atoms with Crippen LogP contribution in [0.1, 0.15) is 43.5 Å². The molecule has 2 amide bonds. The minimum absolute atomic E-state index is 0.0471. The number of ketones is 1. The number of hydrogen-bond acceptors (Lipinski definition) is 4. The Morgan fingerprint density at radius 3 is 2.44 bits per heavy atom. The molecule has 0 unspecified atom stereocenters. The number of benzene rings is 2. The van der Waals surface area contributed by atoms with E-state index in [4.69, 9.17) is 4.74 Å². The Morgan fingerprint density at radius 2 is 1.75 bits per heavy atom. The molecule has 0 aliphatic carbocycles. The normalized spacial score (nSPS) is 21.3. The van der Waals surface area contributed by atoms with Gasteiger partial charge in [-0.05, 0) is 48.4 Å². The molecule has 168 valence electrons. The molecule has 6 nitrogen and oxygen atoms in total. The summed E-state index contributed by atoms with van der Waals surface area (Å²) in [5, 5.41) is 2.93. The fraction of sp³-hybridized carbons (Fsp3) is 0.423. The van der Waals surface area contributed by atoms with Crippen molar-refractivity contribution < 1.29 is 19.1 Å². The molecule has 6 heteroatoms. The Bertz CT molecular complexity index is 971. The van der Waals surface area contributed by atoms with Crippen LogP contribution in [0.25, 0.3) is 11.1 Å². The maximum Gasteiger partial charge on any atom is 0.251 e. The highest BCUT2D eigenvalue weighted by atomic mass is 16.5. The quantitative estimate of drug-likeness (QED) is 0.756. The number of hydrogen-bond donors (Lipinski definition) is 1. The van der Waals surface area contributed by atoms with Gasteiger partial charge in [-0.2, -0.15) is 0 Å². The van der Waals surface area contributed by atoms with Crippen molar-refractivity contribution in [1.29, 1.82) is 0 Å². The average Bonchev–Trinajstić information content (AvgIpc) is 3.19. The van der Waals surface area contributed by atoms with E-state index in [2.05, 4.69) is 5.32 Å². The Morgan fingerprint density at radius 1 is 1.06 bits per heavy atom. The van der Waals surface area contributed by atoms with Gasteiger partial charge in [0, 0.05) is 12.1 Å². The number of nitrogens with one attached hydrogen (secondary N) is 1. The number of carbonyl (C=O) groups is 3. The van der Waals surface area contributed by atoms with Gasteiger partial charge in [0.1, 0.15) is 18.7 Å². The molecule has 2 heterocycles. The maximum absolute atomic E-state index is 13.4. The Balaban J connectivity index is 1.49.